The summed E-state index contributed by atoms with van der Waals surface area (Å²) in [5.74, 6) is -0.0204. The first kappa shape index (κ1) is 22.9. The van der Waals surface area contributed by atoms with Crippen molar-refractivity contribution < 1.29 is 14.6 Å². The molecule has 2 N–H and O–H groups in total. The smallest absolute Gasteiger partial charge is 0.266 e. The van der Waals surface area contributed by atoms with Gasteiger partial charge in [0, 0.05) is 20.7 Å². The lowest BCUT2D eigenvalue weighted by molar-refractivity contribution is -0.112. The molecule has 3 aromatic carbocycles. The van der Waals surface area contributed by atoms with Crippen molar-refractivity contribution in [1.82, 2.24) is 0 Å². The summed E-state index contributed by atoms with van der Waals surface area (Å²) in [6.07, 6.45) is 1.46. The SMILES string of the molecule is N#C/C(=C\c1cc(Br)cc(Br)c1OCc1cccc(Cl)c1)C(=O)Nc1ccc(O)cc1. The third-order valence-electron chi connectivity index (χ3n) is 4.10. The van der Waals surface area contributed by atoms with E-state index in [9.17, 15) is 15.2 Å². The van der Waals surface area contributed by atoms with E-state index in [1.54, 1.807) is 18.2 Å². The van der Waals surface area contributed by atoms with E-state index in [0.717, 1.165) is 10.0 Å². The number of aromatic hydroxyl groups is 1. The predicted octanol–water partition coefficient (Wildman–Crippen LogP) is 6.70. The second-order valence-electron chi connectivity index (χ2n) is 6.40. The Balaban J connectivity index is 1.88. The van der Waals surface area contributed by atoms with Gasteiger partial charge in [0.15, 0.2) is 0 Å². The Morgan fingerprint density at radius 1 is 1.16 bits per heavy atom. The molecule has 5 nitrogen and oxygen atoms in total. The lowest BCUT2D eigenvalue weighted by Gasteiger charge is -2.13. The van der Waals surface area contributed by atoms with Gasteiger partial charge in [0.25, 0.3) is 5.91 Å². The maximum atomic E-state index is 12.6. The molecular weight excluding hydrogens is 548 g/mol. The number of anilines is 1. The fourth-order valence-corrected chi connectivity index (χ4v) is 4.25. The van der Waals surface area contributed by atoms with E-state index in [2.05, 4.69) is 37.2 Å². The third kappa shape index (κ3) is 6.34. The van der Waals surface area contributed by atoms with Gasteiger partial charge in [-0.15, -0.1) is 0 Å². The number of nitriles is 1. The highest BCUT2D eigenvalue weighted by Crippen LogP contribution is 2.35. The number of carbonyl (C=O) groups is 1. The molecule has 0 radical (unpaired) electrons. The standard InChI is InChI=1S/C23H15Br2ClN2O3/c24-17-10-15(9-16(12-27)23(30)28-19-4-6-20(29)7-5-19)22(21(25)11-17)31-13-14-2-1-3-18(26)8-14/h1-11,29H,13H2,(H,28,30)/b16-9+. The summed E-state index contributed by atoms with van der Waals surface area (Å²) in [6, 6.07) is 18.8. The number of phenols is 1. The first-order valence-corrected chi connectivity index (χ1v) is 10.9. The topological polar surface area (TPSA) is 82.3 Å². The van der Waals surface area contributed by atoms with Gasteiger partial charge in [-0.05, 0) is 76.1 Å². The van der Waals surface area contributed by atoms with Gasteiger partial charge in [-0.2, -0.15) is 5.26 Å². The minimum Gasteiger partial charge on any atom is -0.508 e. The summed E-state index contributed by atoms with van der Waals surface area (Å²) in [6.45, 7) is 0.253. The molecule has 1 amide bonds. The highest BCUT2D eigenvalue weighted by Gasteiger charge is 2.14. The van der Waals surface area contributed by atoms with Crippen molar-refractivity contribution in [1.29, 1.82) is 5.26 Å². The molecule has 0 unspecified atom stereocenters. The molecule has 156 valence electrons. The zero-order valence-corrected chi connectivity index (χ0v) is 19.8. The number of phenolic OH excluding ortho intramolecular Hbond substituents is 1. The number of hydrogen-bond acceptors (Lipinski definition) is 4. The average Bonchev–Trinajstić information content (AvgIpc) is 2.72. The monoisotopic (exact) mass is 560 g/mol. The van der Waals surface area contributed by atoms with Gasteiger partial charge in [-0.3, -0.25) is 4.79 Å². The first-order valence-electron chi connectivity index (χ1n) is 8.94. The van der Waals surface area contributed by atoms with Gasteiger partial charge in [0.2, 0.25) is 0 Å². The van der Waals surface area contributed by atoms with Gasteiger partial charge in [0.05, 0.1) is 4.47 Å². The summed E-state index contributed by atoms with van der Waals surface area (Å²) < 4.78 is 7.39. The van der Waals surface area contributed by atoms with Crippen LogP contribution in [0.1, 0.15) is 11.1 Å². The maximum Gasteiger partial charge on any atom is 0.266 e. The highest BCUT2D eigenvalue weighted by atomic mass is 79.9. The molecule has 0 saturated heterocycles. The quantitative estimate of drug-likeness (QED) is 0.199. The van der Waals surface area contributed by atoms with Crippen molar-refractivity contribution in [3.8, 4) is 17.6 Å². The average molecular weight is 563 g/mol. The number of ether oxygens (including phenoxy) is 1. The lowest BCUT2D eigenvalue weighted by Crippen LogP contribution is -2.13. The van der Waals surface area contributed by atoms with E-state index in [4.69, 9.17) is 16.3 Å². The Morgan fingerprint density at radius 3 is 2.58 bits per heavy atom. The number of carbonyl (C=O) groups excluding carboxylic acids is 1. The van der Waals surface area contributed by atoms with Gasteiger partial charge in [-0.1, -0.05) is 39.7 Å². The van der Waals surface area contributed by atoms with Crippen LogP contribution in [0.5, 0.6) is 11.5 Å². The van der Waals surface area contributed by atoms with Crippen LogP contribution >= 0.6 is 43.5 Å². The van der Waals surface area contributed by atoms with E-state index in [-0.39, 0.29) is 17.9 Å². The van der Waals surface area contributed by atoms with Gasteiger partial charge in [0.1, 0.15) is 29.7 Å². The second-order valence-corrected chi connectivity index (χ2v) is 8.60. The largest absolute Gasteiger partial charge is 0.508 e. The predicted molar refractivity (Wildman–Crippen MR) is 128 cm³/mol. The highest BCUT2D eigenvalue weighted by molar-refractivity contribution is 9.11. The fraction of sp³-hybridized carbons (Fsp3) is 0.0435. The zero-order valence-electron chi connectivity index (χ0n) is 15.9. The van der Waals surface area contributed by atoms with Crippen LogP contribution in [0, 0.1) is 11.3 Å². The minimum absolute atomic E-state index is 0.0783. The van der Waals surface area contributed by atoms with Crippen LogP contribution in [0.15, 0.2) is 75.2 Å². The number of rotatable bonds is 6. The molecule has 0 fully saturated rings. The molecule has 0 aliphatic heterocycles. The van der Waals surface area contributed by atoms with Crippen molar-refractivity contribution >= 4 is 61.1 Å². The van der Waals surface area contributed by atoms with E-state index in [1.807, 2.05) is 24.3 Å². The Hall–Kier alpha value is -2.79. The Kier molecular flexibility index (Phi) is 7.75. The van der Waals surface area contributed by atoms with Crippen LogP contribution in [0.2, 0.25) is 5.02 Å². The normalized spacial score (nSPS) is 11.0. The van der Waals surface area contributed by atoms with Crippen molar-refractivity contribution in [2.75, 3.05) is 5.32 Å². The summed E-state index contributed by atoms with van der Waals surface area (Å²) >= 11 is 12.9. The molecule has 0 heterocycles. The van der Waals surface area contributed by atoms with Crippen molar-refractivity contribution in [2.24, 2.45) is 0 Å². The zero-order chi connectivity index (χ0) is 22.4. The van der Waals surface area contributed by atoms with Gasteiger partial charge >= 0.3 is 0 Å². The van der Waals surface area contributed by atoms with Crippen LogP contribution in [0.25, 0.3) is 6.08 Å². The molecule has 0 saturated carbocycles. The number of halogens is 3. The Morgan fingerprint density at radius 2 is 1.90 bits per heavy atom. The van der Waals surface area contributed by atoms with Crippen LogP contribution in [-0.4, -0.2) is 11.0 Å². The molecular formula is C23H15Br2ClN2O3. The lowest BCUT2D eigenvalue weighted by atomic mass is 10.1. The summed E-state index contributed by atoms with van der Waals surface area (Å²) in [7, 11) is 0. The molecule has 0 aliphatic carbocycles. The van der Waals surface area contributed by atoms with Crippen molar-refractivity contribution in [2.45, 2.75) is 6.61 Å². The Labute approximate surface area is 201 Å². The molecule has 31 heavy (non-hydrogen) atoms. The summed E-state index contributed by atoms with van der Waals surface area (Å²) in [5.41, 5.74) is 1.77. The van der Waals surface area contributed by atoms with E-state index < -0.39 is 5.91 Å². The molecule has 8 heteroatoms. The number of amides is 1. The molecule has 3 rings (SSSR count). The molecule has 0 aromatic heterocycles. The number of nitrogens with zero attached hydrogens (tertiary/aromatic N) is 1. The first-order chi connectivity index (χ1) is 14.9. The summed E-state index contributed by atoms with van der Waals surface area (Å²) in [5, 5.41) is 22.2. The number of hydrogen-bond donors (Lipinski definition) is 2. The molecule has 0 spiro atoms. The molecule has 0 bridgehead atoms. The third-order valence-corrected chi connectivity index (χ3v) is 5.38. The summed E-state index contributed by atoms with van der Waals surface area (Å²) in [4.78, 5) is 12.6. The Bertz CT molecular complexity index is 1190. The van der Waals surface area contributed by atoms with Crippen LogP contribution in [0.4, 0.5) is 5.69 Å². The maximum absolute atomic E-state index is 12.6. The van der Waals surface area contributed by atoms with E-state index in [1.165, 1.54) is 30.3 Å². The van der Waals surface area contributed by atoms with E-state index >= 15 is 0 Å². The second kappa shape index (κ2) is 10.5. The minimum atomic E-state index is -0.579. The van der Waals surface area contributed by atoms with Gasteiger partial charge in [-0.25, -0.2) is 0 Å². The van der Waals surface area contributed by atoms with Crippen LogP contribution in [0.3, 0.4) is 0 Å². The fourth-order valence-electron chi connectivity index (χ4n) is 2.67. The van der Waals surface area contributed by atoms with E-state index in [0.29, 0.717) is 26.5 Å². The van der Waals surface area contributed by atoms with Gasteiger partial charge < -0.3 is 15.2 Å². The number of benzene rings is 3. The van der Waals surface area contributed by atoms with Crippen molar-refractivity contribution in [3.05, 3.63) is 91.3 Å². The molecule has 0 atom stereocenters. The molecule has 0 aliphatic rings. The number of nitrogens with one attached hydrogen (secondary N) is 1. The molecule has 3 aromatic rings. The van der Waals surface area contributed by atoms with Crippen molar-refractivity contribution in [3.63, 3.8) is 0 Å². The van der Waals surface area contributed by atoms with Crippen LogP contribution in [-0.2, 0) is 11.4 Å². The van der Waals surface area contributed by atoms with Crippen LogP contribution < -0.4 is 10.1 Å².